The number of carbonyl (C=O) groups excluding carboxylic acids is 1. The van der Waals surface area contributed by atoms with Gasteiger partial charge in [-0.05, 0) is 49.6 Å². The zero-order valence-electron chi connectivity index (χ0n) is 16.1. The van der Waals surface area contributed by atoms with Gasteiger partial charge in [0.15, 0.2) is 5.65 Å². The fourth-order valence-corrected chi connectivity index (χ4v) is 3.02. The number of aromatic amines is 1. The average Bonchev–Trinajstić information content (AvgIpc) is 2.63. The Labute approximate surface area is 160 Å². The van der Waals surface area contributed by atoms with E-state index in [0.29, 0.717) is 23.5 Å². The van der Waals surface area contributed by atoms with Gasteiger partial charge in [-0.2, -0.15) is 0 Å². The van der Waals surface area contributed by atoms with Crippen LogP contribution in [0.25, 0.3) is 11.0 Å². The van der Waals surface area contributed by atoms with Crippen LogP contribution in [-0.4, -0.2) is 20.4 Å². The molecule has 2 heterocycles. The Balaban J connectivity index is 2.25. The molecule has 3 rings (SSSR count). The van der Waals surface area contributed by atoms with E-state index >= 15 is 0 Å². The third kappa shape index (κ3) is 3.45. The molecule has 7 nitrogen and oxygen atoms in total. The first-order chi connectivity index (χ1) is 13.2. The monoisotopic (exact) mass is 384 g/mol. The topological polar surface area (TPSA) is 96.9 Å². The maximum absolute atomic E-state index is 13.3. The minimum absolute atomic E-state index is 0.0248. The molecule has 0 saturated carbocycles. The molecule has 1 amide bonds. The molecule has 0 fully saturated rings. The summed E-state index contributed by atoms with van der Waals surface area (Å²) in [4.78, 5) is 44.4. The van der Waals surface area contributed by atoms with Crippen LogP contribution in [0.1, 0.15) is 48.3 Å². The van der Waals surface area contributed by atoms with Gasteiger partial charge in [0.05, 0.1) is 10.9 Å². The van der Waals surface area contributed by atoms with Crippen molar-refractivity contribution in [2.45, 2.75) is 40.2 Å². The third-order valence-corrected chi connectivity index (χ3v) is 4.56. The van der Waals surface area contributed by atoms with Crippen LogP contribution in [0.15, 0.2) is 33.9 Å². The number of halogens is 1. The molecular weight excluding hydrogens is 363 g/mol. The van der Waals surface area contributed by atoms with Crippen LogP contribution in [0.2, 0.25) is 0 Å². The third-order valence-electron chi connectivity index (χ3n) is 4.56. The highest BCUT2D eigenvalue weighted by Gasteiger charge is 2.20. The van der Waals surface area contributed by atoms with Crippen LogP contribution >= 0.6 is 0 Å². The van der Waals surface area contributed by atoms with Crippen molar-refractivity contribution < 1.29 is 9.18 Å². The Kier molecular flexibility index (Phi) is 5.13. The molecule has 3 aromatic rings. The zero-order chi connectivity index (χ0) is 20.6. The van der Waals surface area contributed by atoms with E-state index in [-0.39, 0.29) is 22.5 Å². The number of benzene rings is 1. The summed E-state index contributed by atoms with van der Waals surface area (Å²) in [5.41, 5.74) is 0.602. The van der Waals surface area contributed by atoms with Crippen molar-refractivity contribution in [3.63, 3.8) is 0 Å². The Bertz CT molecular complexity index is 1190. The molecule has 1 aromatic carbocycles. The number of nitrogens with one attached hydrogen (secondary N) is 2. The second-order valence-electron chi connectivity index (χ2n) is 6.86. The normalized spacial score (nSPS) is 11.2. The van der Waals surface area contributed by atoms with Crippen LogP contribution < -0.4 is 16.6 Å². The smallest absolute Gasteiger partial charge is 0.322 e. The number of hydrogen-bond acceptors (Lipinski definition) is 4. The van der Waals surface area contributed by atoms with E-state index in [2.05, 4.69) is 15.3 Å². The van der Waals surface area contributed by atoms with Gasteiger partial charge in [-0.3, -0.25) is 19.1 Å². The van der Waals surface area contributed by atoms with E-state index in [0.717, 1.165) is 0 Å². The molecule has 0 aliphatic heterocycles. The lowest BCUT2D eigenvalue weighted by Crippen LogP contribution is -2.32. The number of rotatable bonds is 4. The van der Waals surface area contributed by atoms with Crippen LogP contribution in [0.3, 0.4) is 0 Å². The summed E-state index contributed by atoms with van der Waals surface area (Å²) in [6, 6.07) is 5.57. The minimum atomic E-state index is -0.673. The summed E-state index contributed by atoms with van der Waals surface area (Å²) in [5, 5.41) is 2.76. The van der Waals surface area contributed by atoms with E-state index < -0.39 is 23.0 Å². The molecule has 0 bridgehead atoms. The number of pyridine rings is 1. The summed E-state index contributed by atoms with van der Waals surface area (Å²) in [5.74, 6) is -0.964. The zero-order valence-corrected chi connectivity index (χ0v) is 16.1. The highest BCUT2D eigenvalue weighted by Crippen LogP contribution is 2.22. The lowest BCUT2D eigenvalue weighted by atomic mass is 10.0. The number of aryl methyl sites for hydroxylation is 2. The summed E-state index contributed by atoms with van der Waals surface area (Å²) < 4.78 is 14.7. The predicted octanol–water partition coefficient (Wildman–Crippen LogP) is 2.93. The summed E-state index contributed by atoms with van der Waals surface area (Å²) in [6.45, 7) is 7.52. The van der Waals surface area contributed by atoms with Crippen LogP contribution in [0, 0.1) is 12.7 Å². The maximum atomic E-state index is 13.3. The Morgan fingerprint density at radius 3 is 2.61 bits per heavy atom. The van der Waals surface area contributed by atoms with Crippen molar-refractivity contribution in [2.75, 3.05) is 5.32 Å². The van der Waals surface area contributed by atoms with E-state index in [4.69, 9.17) is 0 Å². The molecule has 0 aliphatic rings. The van der Waals surface area contributed by atoms with Crippen molar-refractivity contribution in [1.29, 1.82) is 0 Å². The Hall–Kier alpha value is -3.29. The molecule has 28 heavy (non-hydrogen) atoms. The van der Waals surface area contributed by atoms with E-state index in [9.17, 15) is 18.8 Å². The van der Waals surface area contributed by atoms with Crippen LogP contribution in [-0.2, 0) is 6.54 Å². The second kappa shape index (κ2) is 7.38. The Morgan fingerprint density at radius 1 is 1.29 bits per heavy atom. The molecular formula is C20H21FN4O3. The Morgan fingerprint density at radius 2 is 2.00 bits per heavy atom. The van der Waals surface area contributed by atoms with Gasteiger partial charge < -0.3 is 5.32 Å². The van der Waals surface area contributed by atoms with Gasteiger partial charge in [0.1, 0.15) is 5.82 Å². The summed E-state index contributed by atoms with van der Waals surface area (Å²) in [7, 11) is 0. The van der Waals surface area contributed by atoms with Crippen molar-refractivity contribution in [3.8, 4) is 0 Å². The highest BCUT2D eigenvalue weighted by molar-refractivity contribution is 6.12. The number of amides is 1. The molecule has 8 heteroatoms. The quantitative estimate of drug-likeness (QED) is 0.723. The SMILES string of the molecule is CCn1c(=O)[nH]c(=O)c2c(C(=O)Nc3ccc(F)cc3C)cc(C(C)C)nc21. The fourth-order valence-electron chi connectivity index (χ4n) is 3.02. The number of aromatic nitrogens is 3. The van der Waals surface area contributed by atoms with Crippen molar-refractivity contribution in [2.24, 2.45) is 0 Å². The lowest BCUT2D eigenvalue weighted by molar-refractivity contribution is 0.102. The van der Waals surface area contributed by atoms with Gasteiger partial charge in [0, 0.05) is 17.9 Å². The van der Waals surface area contributed by atoms with Gasteiger partial charge in [-0.25, -0.2) is 14.2 Å². The first kappa shape index (κ1) is 19.5. The van der Waals surface area contributed by atoms with Gasteiger partial charge >= 0.3 is 5.69 Å². The number of fused-ring (bicyclic) bond motifs is 1. The molecule has 0 unspecified atom stereocenters. The molecule has 0 saturated heterocycles. The molecule has 2 N–H and O–H groups in total. The molecule has 146 valence electrons. The largest absolute Gasteiger partial charge is 0.329 e. The van der Waals surface area contributed by atoms with Crippen molar-refractivity contribution in [1.82, 2.24) is 14.5 Å². The number of anilines is 1. The van der Waals surface area contributed by atoms with Crippen LogP contribution in [0.5, 0.6) is 0 Å². The molecule has 0 atom stereocenters. The summed E-state index contributed by atoms with van der Waals surface area (Å²) in [6.07, 6.45) is 0. The standard InChI is InChI=1S/C20H21FN4O3/c1-5-25-17-16(19(27)24-20(25)28)13(9-15(22-17)10(2)3)18(26)23-14-7-6-12(21)8-11(14)4/h6-10H,5H2,1-4H3,(H,23,26)(H,24,27,28). The van der Waals surface area contributed by atoms with Crippen molar-refractivity contribution >= 4 is 22.6 Å². The minimum Gasteiger partial charge on any atom is -0.322 e. The number of nitrogens with zero attached hydrogens (tertiary/aromatic N) is 2. The average molecular weight is 384 g/mol. The molecule has 0 spiro atoms. The van der Waals surface area contributed by atoms with Gasteiger partial charge in [0.2, 0.25) is 0 Å². The first-order valence-corrected chi connectivity index (χ1v) is 8.98. The number of H-pyrrole nitrogens is 1. The number of hydrogen-bond donors (Lipinski definition) is 2. The van der Waals surface area contributed by atoms with Crippen molar-refractivity contribution in [3.05, 3.63) is 67.7 Å². The highest BCUT2D eigenvalue weighted by atomic mass is 19.1. The molecule has 0 aliphatic carbocycles. The summed E-state index contributed by atoms with van der Waals surface area (Å²) >= 11 is 0. The second-order valence-corrected chi connectivity index (χ2v) is 6.86. The van der Waals surface area contributed by atoms with E-state index in [1.54, 1.807) is 19.9 Å². The number of carbonyl (C=O) groups is 1. The van der Waals surface area contributed by atoms with Crippen LogP contribution in [0.4, 0.5) is 10.1 Å². The first-order valence-electron chi connectivity index (χ1n) is 8.98. The molecule has 0 radical (unpaired) electrons. The lowest BCUT2D eigenvalue weighted by Gasteiger charge is -2.14. The van der Waals surface area contributed by atoms with Gasteiger partial charge in [-0.1, -0.05) is 13.8 Å². The fraction of sp³-hybridized carbons (Fsp3) is 0.300. The van der Waals surface area contributed by atoms with E-state index in [1.165, 1.54) is 22.8 Å². The van der Waals surface area contributed by atoms with Gasteiger partial charge in [0.25, 0.3) is 11.5 Å². The molecule has 2 aromatic heterocycles. The predicted molar refractivity (Wildman–Crippen MR) is 105 cm³/mol. The van der Waals surface area contributed by atoms with E-state index in [1.807, 2.05) is 13.8 Å². The maximum Gasteiger partial charge on any atom is 0.329 e. The van der Waals surface area contributed by atoms with Gasteiger partial charge in [-0.15, -0.1) is 0 Å².